The van der Waals surface area contributed by atoms with Gasteiger partial charge in [0.05, 0.1) is 0 Å². The van der Waals surface area contributed by atoms with Gasteiger partial charge in [-0.1, -0.05) is 18.2 Å². The molecule has 0 saturated carbocycles. The lowest BCUT2D eigenvalue weighted by Crippen LogP contribution is -2.55. The summed E-state index contributed by atoms with van der Waals surface area (Å²) >= 11 is 0. The van der Waals surface area contributed by atoms with E-state index in [1.54, 1.807) is 12.1 Å². The molecule has 0 unspecified atom stereocenters. The first kappa shape index (κ1) is 14.9. The van der Waals surface area contributed by atoms with Crippen LogP contribution in [0.2, 0.25) is 0 Å². The maximum absolute atomic E-state index is 12.5. The van der Waals surface area contributed by atoms with Gasteiger partial charge in [0.25, 0.3) is 5.91 Å². The van der Waals surface area contributed by atoms with Crippen molar-refractivity contribution < 1.29 is 22.8 Å². The Bertz CT molecular complexity index is 619. The van der Waals surface area contributed by atoms with Gasteiger partial charge in [0, 0.05) is 30.6 Å². The molecule has 7 heteroatoms. The Kier molecular flexibility index (Phi) is 3.38. The van der Waals surface area contributed by atoms with Gasteiger partial charge in [-0.25, -0.2) is 0 Å². The number of hydrogen-bond acceptors (Lipinski definition) is 2. The van der Waals surface area contributed by atoms with Gasteiger partial charge in [0.2, 0.25) is 0 Å². The monoisotopic (exact) mass is 312 g/mol. The molecule has 1 aromatic rings. The second kappa shape index (κ2) is 5.00. The number of rotatable bonds is 0. The second-order valence-corrected chi connectivity index (χ2v) is 5.80. The number of nitrogens with one attached hydrogen (secondary N) is 1. The van der Waals surface area contributed by atoms with Crippen molar-refractivity contribution >= 4 is 11.8 Å². The number of hydrogen-bond donors (Lipinski definition) is 1. The Hall–Kier alpha value is -2.05. The zero-order valence-electron chi connectivity index (χ0n) is 11.7. The van der Waals surface area contributed by atoms with Gasteiger partial charge in [0.15, 0.2) is 0 Å². The summed E-state index contributed by atoms with van der Waals surface area (Å²) in [5.74, 6) is -1.94. The Morgan fingerprint density at radius 2 is 1.82 bits per heavy atom. The van der Waals surface area contributed by atoms with Gasteiger partial charge >= 0.3 is 12.1 Å². The molecule has 1 fully saturated rings. The molecule has 1 spiro atoms. The molecule has 1 N–H and O–H groups in total. The van der Waals surface area contributed by atoms with Crippen molar-refractivity contribution in [3.05, 3.63) is 35.4 Å². The van der Waals surface area contributed by atoms with E-state index in [2.05, 4.69) is 5.32 Å². The molecule has 2 amide bonds. The topological polar surface area (TPSA) is 49.4 Å². The van der Waals surface area contributed by atoms with Crippen LogP contribution in [0.1, 0.15) is 28.8 Å². The summed E-state index contributed by atoms with van der Waals surface area (Å²) in [7, 11) is 0. The lowest BCUT2D eigenvalue weighted by atomic mass is 9.69. The number of carbonyl (C=O) groups is 2. The Labute approximate surface area is 125 Å². The summed E-state index contributed by atoms with van der Waals surface area (Å²) in [5, 5.41) is 2.81. The zero-order valence-corrected chi connectivity index (χ0v) is 11.7. The van der Waals surface area contributed by atoms with Crippen LogP contribution in [0, 0.1) is 0 Å². The van der Waals surface area contributed by atoms with Crippen LogP contribution in [0.15, 0.2) is 24.3 Å². The smallest absolute Gasteiger partial charge is 0.351 e. The highest BCUT2D eigenvalue weighted by atomic mass is 19.4. The van der Waals surface area contributed by atoms with Crippen LogP contribution >= 0.6 is 0 Å². The molecule has 0 aromatic heterocycles. The minimum Gasteiger partial charge on any atom is -0.351 e. The van der Waals surface area contributed by atoms with Crippen LogP contribution in [0.4, 0.5) is 13.2 Å². The minimum atomic E-state index is -4.83. The molecular weight excluding hydrogens is 297 g/mol. The van der Waals surface area contributed by atoms with Crippen LogP contribution in [-0.2, 0) is 10.2 Å². The van der Waals surface area contributed by atoms with Gasteiger partial charge in [-0.2, -0.15) is 13.2 Å². The molecule has 4 nitrogen and oxygen atoms in total. The summed E-state index contributed by atoms with van der Waals surface area (Å²) in [4.78, 5) is 24.1. The summed E-state index contributed by atoms with van der Waals surface area (Å²) in [5.41, 5.74) is 1.06. The number of likely N-dealkylation sites (tertiary alicyclic amines) is 1. The third-order valence-corrected chi connectivity index (χ3v) is 4.58. The molecule has 1 saturated heterocycles. The number of benzene rings is 1. The van der Waals surface area contributed by atoms with Crippen LogP contribution in [0.3, 0.4) is 0 Å². The quantitative estimate of drug-likeness (QED) is 0.795. The minimum absolute atomic E-state index is 0.0442. The Morgan fingerprint density at radius 3 is 2.45 bits per heavy atom. The average molecular weight is 312 g/mol. The van der Waals surface area contributed by atoms with Crippen molar-refractivity contribution in [1.82, 2.24) is 10.2 Å². The molecule has 1 aromatic carbocycles. The van der Waals surface area contributed by atoms with Crippen molar-refractivity contribution in [3.8, 4) is 0 Å². The maximum Gasteiger partial charge on any atom is 0.471 e. The Morgan fingerprint density at radius 1 is 1.18 bits per heavy atom. The first-order valence-corrected chi connectivity index (χ1v) is 7.07. The van der Waals surface area contributed by atoms with Crippen molar-refractivity contribution in [1.29, 1.82) is 0 Å². The van der Waals surface area contributed by atoms with Crippen LogP contribution < -0.4 is 5.32 Å². The van der Waals surface area contributed by atoms with Gasteiger partial charge < -0.3 is 10.2 Å². The molecule has 0 aliphatic carbocycles. The van der Waals surface area contributed by atoms with Crippen LogP contribution in [-0.4, -0.2) is 42.5 Å². The van der Waals surface area contributed by atoms with Gasteiger partial charge in [0.1, 0.15) is 0 Å². The van der Waals surface area contributed by atoms with E-state index >= 15 is 0 Å². The van der Waals surface area contributed by atoms with E-state index in [0.29, 0.717) is 24.9 Å². The third-order valence-electron chi connectivity index (χ3n) is 4.58. The van der Waals surface area contributed by atoms with Gasteiger partial charge in [-0.15, -0.1) is 0 Å². The van der Waals surface area contributed by atoms with Crippen molar-refractivity contribution in [3.63, 3.8) is 0 Å². The van der Waals surface area contributed by atoms with E-state index in [1.165, 1.54) is 0 Å². The molecule has 0 atom stereocenters. The largest absolute Gasteiger partial charge is 0.471 e. The number of fused-ring (bicyclic) bond motifs is 2. The fourth-order valence-corrected chi connectivity index (χ4v) is 3.35. The summed E-state index contributed by atoms with van der Waals surface area (Å²) in [6.07, 6.45) is -4.01. The molecule has 2 heterocycles. The SMILES string of the molecule is O=C1NCC2(CCN(C(=O)C(F)(F)F)CC2)c2ccccc21. The highest BCUT2D eigenvalue weighted by Crippen LogP contribution is 2.39. The molecule has 22 heavy (non-hydrogen) atoms. The number of carbonyl (C=O) groups excluding carboxylic acids is 2. The second-order valence-electron chi connectivity index (χ2n) is 5.80. The number of halogens is 3. The summed E-state index contributed by atoms with van der Waals surface area (Å²) in [6.45, 7) is 0.488. The number of amides is 2. The van der Waals surface area contributed by atoms with Crippen molar-refractivity contribution in [2.24, 2.45) is 0 Å². The maximum atomic E-state index is 12.5. The van der Waals surface area contributed by atoms with E-state index < -0.39 is 12.1 Å². The predicted octanol–water partition coefficient (Wildman–Crippen LogP) is 1.85. The molecular formula is C15H15F3N2O2. The van der Waals surface area contributed by atoms with Crippen molar-refractivity contribution in [2.45, 2.75) is 24.4 Å². The zero-order chi connectivity index (χ0) is 16.0. The molecule has 118 valence electrons. The predicted molar refractivity (Wildman–Crippen MR) is 72.3 cm³/mol. The van der Waals surface area contributed by atoms with Crippen LogP contribution in [0.5, 0.6) is 0 Å². The van der Waals surface area contributed by atoms with Crippen LogP contribution in [0.25, 0.3) is 0 Å². The Balaban J connectivity index is 1.83. The summed E-state index contributed by atoms with van der Waals surface area (Å²) in [6, 6.07) is 7.17. The molecule has 2 aliphatic heterocycles. The average Bonchev–Trinajstić information content (AvgIpc) is 2.51. The molecule has 2 aliphatic rings. The van der Waals surface area contributed by atoms with E-state index in [4.69, 9.17) is 0 Å². The lowest BCUT2D eigenvalue weighted by Gasteiger charge is -2.45. The standard InChI is InChI=1S/C15H15F3N2O2/c16-15(17,18)13(22)20-7-5-14(6-8-20)9-19-12(21)10-3-1-2-4-11(10)14/h1-4H,5-9H2,(H,19,21). The molecule has 3 rings (SSSR count). The highest BCUT2D eigenvalue weighted by molar-refractivity contribution is 5.97. The van der Waals surface area contributed by atoms with E-state index in [0.717, 1.165) is 10.5 Å². The highest BCUT2D eigenvalue weighted by Gasteiger charge is 2.47. The fraction of sp³-hybridized carbons (Fsp3) is 0.467. The normalized spacial score (nSPS) is 20.5. The van der Waals surface area contributed by atoms with E-state index in [9.17, 15) is 22.8 Å². The first-order valence-electron chi connectivity index (χ1n) is 7.07. The lowest BCUT2D eigenvalue weighted by molar-refractivity contribution is -0.187. The number of nitrogens with zero attached hydrogens (tertiary/aromatic N) is 1. The number of alkyl halides is 3. The van der Waals surface area contributed by atoms with E-state index in [-0.39, 0.29) is 24.4 Å². The van der Waals surface area contributed by atoms with Gasteiger partial charge in [-0.3, -0.25) is 9.59 Å². The van der Waals surface area contributed by atoms with Gasteiger partial charge in [-0.05, 0) is 24.5 Å². The number of piperidine rings is 1. The van der Waals surface area contributed by atoms with Crippen molar-refractivity contribution in [2.75, 3.05) is 19.6 Å². The third kappa shape index (κ3) is 2.34. The first-order chi connectivity index (χ1) is 10.3. The summed E-state index contributed by atoms with van der Waals surface area (Å²) < 4.78 is 37.5. The molecule has 0 bridgehead atoms. The molecule has 0 radical (unpaired) electrons. The fourth-order valence-electron chi connectivity index (χ4n) is 3.35. The van der Waals surface area contributed by atoms with E-state index in [1.807, 2.05) is 12.1 Å².